The summed E-state index contributed by atoms with van der Waals surface area (Å²) in [5, 5.41) is 11.7. The topological polar surface area (TPSA) is 72.9 Å². The van der Waals surface area contributed by atoms with Gasteiger partial charge in [-0.1, -0.05) is 30.3 Å². The molecule has 2 N–H and O–H groups in total. The highest BCUT2D eigenvalue weighted by molar-refractivity contribution is 6.00. The molecule has 1 heterocycles. The number of piperazine rings is 1. The van der Waals surface area contributed by atoms with E-state index < -0.39 is 17.8 Å². The van der Waals surface area contributed by atoms with E-state index in [1.165, 1.54) is 5.56 Å². The largest absolute Gasteiger partial charge is 0.478 e. The van der Waals surface area contributed by atoms with Crippen LogP contribution in [-0.2, 0) is 6.54 Å². The van der Waals surface area contributed by atoms with Crippen LogP contribution in [0.25, 0.3) is 0 Å². The maximum Gasteiger partial charge on any atom is 0.337 e. The van der Waals surface area contributed by atoms with Gasteiger partial charge >= 0.3 is 12.0 Å². The molecule has 2 aromatic carbocycles. The summed E-state index contributed by atoms with van der Waals surface area (Å²) in [6.45, 7) is 3.31. The lowest BCUT2D eigenvalue weighted by molar-refractivity contribution is 0.0698. The number of halogens is 1. The Balaban J connectivity index is 1.57. The van der Waals surface area contributed by atoms with Crippen molar-refractivity contribution in [2.75, 3.05) is 31.5 Å². The van der Waals surface area contributed by atoms with E-state index in [1.807, 2.05) is 18.2 Å². The Labute approximate surface area is 150 Å². The molecule has 0 saturated carbocycles. The van der Waals surface area contributed by atoms with E-state index in [4.69, 9.17) is 5.11 Å². The first-order valence-corrected chi connectivity index (χ1v) is 8.38. The van der Waals surface area contributed by atoms with Crippen LogP contribution in [0.1, 0.15) is 15.9 Å². The van der Waals surface area contributed by atoms with Crippen molar-refractivity contribution in [3.8, 4) is 0 Å². The van der Waals surface area contributed by atoms with E-state index >= 15 is 0 Å². The summed E-state index contributed by atoms with van der Waals surface area (Å²) in [6.07, 6.45) is 0. The third-order valence-corrected chi connectivity index (χ3v) is 4.36. The highest BCUT2D eigenvalue weighted by Crippen LogP contribution is 2.18. The minimum atomic E-state index is -1.21. The lowest BCUT2D eigenvalue weighted by atomic mass is 10.1. The Kier molecular flexibility index (Phi) is 5.48. The monoisotopic (exact) mass is 357 g/mol. The standard InChI is InChI=1S/C19H20FN3O3/c20-15-6-7-16(18(24)25)17(12-15)21-19(26)23-10-8-22(9-11-23)13-14-4-2-1-3-5-14/h1-7,12H,8-11,13H2,(H,21,26)(H,24,25). The number of carbonyl (C=O) groups is 2. The second kappa shape index (κ2) is 7.97. The minimum Gasteiger partial charge on any atom is -0.478 e. The number of hydrogen-bond acceptors (Lipinski definition) is 3. The van der Waals surface area contributed by atoms with Crippen LogP contribution in [-0.4, -0.2) is 53.1 Å². The van der Waals surface area contributed by atoms with Crippen LogP contribution >= 0.6 is 0 Å². The van der Waals surface area contributed by atoms with Crippen LogP contribution in [0.4, 0.5) is 14.9 Å². The maximum absolute atomic E-state index is 13.4. The molecule has 136 valence electrons. The number of carboxylic acid groups (broad SMARTS) is 1. The van der Waals surface area contributed by atoms with E-state index in [-0.39, 0.29) is 11.3 Å². The molecule has 1 saturated heterocycles. The van der Waals surface area contributed by atoms with Gasteiger partial charge in [-0.15, -0.1) is 0 Å². The van der Waals surface area contributed by atoms with Crippen molar-refractivity contribution in [1.82, 2.24) is 9.80 Å². The second-order valence-corrected chi connectivity index (χ2v) is 6.17. The SMILES string of the molecule is O=C(O)c1ccc(F)cc1NC(=O)N1CCN(Cc2ccccc2)CC1. The zero-order chi connectivity index (χ0) is 18.5. The molecule has 26 heavy (non-hydrogen) atoms. The first-order valence-electron chi connectivity index (χ1n) is 8.38. The van der Waals surface area contributed by atoms with Crippen LogP contribution in [0.2, 0.25) is 0 Å². The van der Waals surface area contributed by atoms with Crippen molar-refractivity contribution in [1.29, 1.82) is 0 Å². The second-order valence-electron chi connectivity index (χ2n) is 6.17. The summed E-state index contributed by atoms with van der Waals surface area (Å²) in [6, 6.07) is 12.9. The fourth-order valence-electron chi connectivity index (χ4n) is 2.95. The van der Waals surface area contributed by atoms with Gasteiger partial charge in [0.25, 0.3) is 0 Å². The molecule has 3 rings (SSSR count). The van der Waals surface area contributed by atoms with Crippen LogP contribution < -0.4 is 5.32 Å². The molecule has 0 atom stereocenters. The summed E-state index contributed by atoms with van der Waals surface area (Å²) in [5.74, 6) is -1.81. The van der Waals surface area contributed by atoms with Crippen LogP contribution in [0.15, 0.2) is 48.5 Å². The van der Waals surface area contributed by atoms with E-state index in [1.54, 1.807) is 4.90 Å². The van der Waals surface area contributed by atoms with E-state index in [9.17, 15) is 14.0 Å². The molecule has 0 bridgehead atoms. The molecular formula is C19H20FN3O3. The van der Waals surface area contributed by atoms with Crippen LogP contribution in [0.3, 0.4) is 0 Å². The van der Waals surface area contributed by atoms with Gasteiger partial charge in [-0.25, -0.2) is 14.0 Å². The molecule has 1 aliphatic rings. The number of urea groups is 1. The summed E-state index contributed by atoms with van der Waals surface area (Å²) in [4.78, 5) is 27.5. The molecular weight excluding hydrogens is 337 g/mol. The van der Waals surface area contributed by atoms with Crippen molar-refractivity contribution >= 4 is 17.7 Å². The van der Waals surface area contributed by atoms with Crippen molar-refractivity contribution in [2.45, 2.75) is 6.54 Å². The first-order chi connectivity index (χ1) is 12.5. The number of nitrogens with zero attached hydrogens (tertiary/aromatic N) is 2. The fourth-order valence-corrected chi connectivity index (χ4v) is 2.95. The zero-order valence-electron chi connectivity index (χ0n) is 14.2. The van der Waals surface area contributed by atoms with Gasteiger partial charge in [0.05, 0.1) is 11.3 Å². The molecule has 0 aliphatic carbocycles. The Bertz CT molecular complexity index is 790. The van der Waals surface area contributed by atoms with E-state index in [0.717, 1.165) is 37.8 Å². The summed E-state index contributed by atoms with van der Waals surface area (Å²) in [7, 11) is 0. The first kappa shape index (κ1) is 17.9. The number of benzene rings is 2. The average Bonchev–Trinajstić information content (AvgIpc) is 2.63. The van der Waals surface area contributed by atoms with Gasteiger partial charge in [-0.2, -0.15) is 0 Å². The third-order valence-electron chi connectivity index (χ3n) is 4.36. The Morgan fingerprint density at radius 3 is 2.38 bits per heavy atom. The van der Waals surface area contributed by atoms with Crippen molar-refractivity contribution in [3.63, 3.8) is 0 Å². The molecule has 0 aromatic heterocycles. The molecule has 2 aromatic rings. The number of aromatic carboxylic acids is 1. The average molecular weight is 357 g/mol. The summed E-state index contributed by atoms with van der Waals surface area (Å²) in [5.41, 5.74) is 1.05. The molecule has 6 nitrogen and oxygen atoms in total. The van der Waals surface area contributed by atoms with Gasteiger partial charge in [0.1, 0.15) is 5.82 Å². The van der Waals surface area contributed by atoms with Gasteiger partial charge < -0.3 is 15.3 Å². The third kappa shape index (κ3) is 4.37. The Morgan fingerprint density at radius 2 is 1.73 bits per heavy atom. The molecule has 2 amide bonds. The molecule has 1 fully saturated rings. The molecule has 0 unspecified atom stereocenters. The highest BCUT2D eigenvalue weighted by Gasteiger charge is 2.22. The number of carboxylic acids is 1. The smallest absolute Gasteiger partial charge is 0.337 e. The quantitative estimate of drug-likeness (QED) is 0.883. The normalized spacial score (nSPS) is 14.9. The van der Waals surface area contributed by atoms with E-state index in [0.29, 0.717) is 13.1 Å². The molecule has 1 aliphatic heterocycles. The summed E-state index contributed by atoms with van der Waals surface area (Å²) < 4.78 is 13.4. The number of nitrogens with one attached hydrogen (secondary N) is 1. The number of amides is 2. The van der Waals surface area contributed by atoms with Crippen LogP contribution in [0.5, 0.6) is 0 Å². The molecule has 0 radical (unpaired) electrons. The lowest BCUT2D eigenvalue weighted by Crippen LogP contribution is -2.49. The maximum atomic E-state index is 13.4. The summed E-state index contributed by atoms with van der Waals surface area (Å²) >= 11 is 0. The van der Waals surface area contributed by atoms with Gasteiger partial charge in [0, 0.05) is 32.7 Å². The minimum absolute atomic E-state index is 0.0331. The van der Waals surface area contributed by atoms with Gasteiger partial charge in [0.2, 0.25) is 0 Å². The van der Waals surface area contributed by atoms with Gasteiger partial charge in [-0.05, 0) is 23.8 Å². The Morgan fingerprint density at radius 1 is 1.04 bits per heavy atom. The van der Waals surface area contributed by atoms with Gasteiger partial charge in [0.15, 0.2) is 0 Å². The van der Waals surface area contributed by atoms with Gasteiger partial charge in [-0.3, -0.25) is 4.90 Å². The zero-order valence-corrected chi connectivity index (χ0v) is 14.2. The number of anilines is 1. The molecule has 7 heteroatoms. The Hall–Kier alpha value is -2.93. The molecule has 0 spiro atoms. The van der Waals surface area contributed by atoms with Crippen molar-refractivity contribution in [2.24, 2.45) is 0 Å². The van der Waals surface area contributed by atoms with Crippen molar-refractivity contribution < 1.29 is 19.1 Å². The predicted molar refractivity (Wildman–Crippen MR) is 95.7 cm³/mol. The lowest BCUT2D eigenvalue weighted by Gasteiger charge is -2.34. The number of hydrogen-bond donors (Lipinski definition) is 2. The number of rotatable bonds is 4. The number of carbonyl (C=O) groups excluding carboxylic acids is 1. The van der Waals surface area contributed by atoms with Crippen molar-refractivity contribution in [3.05, 3.63) is 65.5 Å². The fraction of sp³-hybridized carbons (Fsp3) is 0.263. The van der Waals surface area contributed by atoms with E-state index in [2.05, 4.69) is 22.3 Å². The van der Waals surface area contributed by atoms with Crippen LogP contribution in [0, 0.1) is 5.82 Å². The predicted octanol–water partition coefficient (Wildman–Crippen LogP) is 2.87. The highest BCUT2D eigenvalue weighted by atomic mass is 19.1.